The van der Waals surface area contributed by atoms with E-state index in [1.54, 1.807) is 6.92 Å². The highest BCUT2D eigenvalue weighted by atomic mass is 32.2. The number of carbonyl (C=O) groups is 1. The van der Waals surface area contributed by atoms with E-state index in [1.807, 2.05) is 0 Å². The summed E-state index contributed by atoms with van der Waals surface area (Å²) in [4.78, 5) is 11.8. The van der Waals surface area contributed by atoms with Crippen LogP contribution in [-0.4, -0.2) is 33.5 Å². The first kappa shape index (κ1) is 19.3. The van der Waals surface area contributed by atoms with E-state index in [0.29, 0.717) is 18.5 Å². The molecule has 9 heteroatoms. The van der Waals surface area contributed by atoms with E-state index in [-0.39, 0.29) is 17.1 Å². The van der Waals surface area contributed by atoms with Crippen molar-refractivity contribution in [2.24, 2.45) is 0 Å². The third-order valence-corrected chi connectivity index (χ3v) is 5.39. The summed E-state index contributed by atoms with van der Waals surface area (Å²) in [6, 6.07) is 3.48. The molecule has 1 aromatic carbocycles. The topological polar surface area (TPSA) is 84.5 Å². The molecule has 0 bridgehead atoms. The standard InChI is InChI=1S/C16H20F2N2O4S/c1-3-19-15(21)10(2)20-25(22,23)14-7-5-11-8-13(24-16(17)18)6-4-12(11)9-14/h4,6,8-10,16,20H,3,5,7H2,1-2H3,(H,19,21)/t10-/m0/s1. The summed E-state index contributed by atoms with van der Waals surface area (Å²) < 4.78 is 56.1. The lowest BCUT2D eigenvalue weighted by Crippen LogP contribution is -2.45. The van der Waals surface area contributed by atoms with Gasteiger partial charge >= 0.3 is 6.61 Å². The van der Waals surface area contributed by atoms with Crippen molar-refractivity contribution < 1.29 is 26.7 Å². The lowest BCUT2D eigenvalue weighted by Gasteiger charge is -2.20. The Bertz CT molecular complexity index is 778. The summed E-state index contributed by atoms with van der Waals surface area (Å²) in [6.45, 7) is 0.705. The fourth-order valence-electron chi connectivity index (χ4n) is 2.52. The Balaban J connectivity index is 2.18. The molecule has 1 atom stereocenters. The van der Waals surface area contributed by atoms with E-state index in [4.69, 9.17) is 0 Å². The minimum Gasteiger partial charge on any atom is -0.435 e. The minimum absolute atomic E-state index is 0.0384. The second-order valence-corrected chi connectivity index (χ2v) is 7.35. The van der Waals surface area contributed by atoms with Crippen LogP contribution in [0.25, 0.3) is 6.08 Å². The zero-order valence-electron chi connectivity index (χ0n) is 13.9. The second kappa shape index (κ2) is 7.92. The number of hydrogen-bond donors (Lipinski definition) is 2. The Morgan fingerprint density at radius 2 is 2.04 bits per heavy atom. The number of alkyl halides is 2. The number of hydrogen-bond acceptors (Lipinski definition) is 4. The van der Waals surface area contributed by atoms with Crippen molar-refractivity contribution in [3.8, 4) is 5.75 Å². The average molecular weight is 374 g/mol. The average Bonchev–Trinajstić information content (AvgIpc) is 2.53. The molecule has 1 aromatic rings. The predicted molar refractivity (Wildman–Crippen MR) is 89.6 cm³/mol. The van der Waals surface area contributed by atoms with Gasteiger partial charge in [0.2, 0.25) is 15.9 Å². The van der Waals surface area contributed by atoms with Gasteiger partial charge in [-0.1, -0.05) is 6.07 Å². The molecule has 0 radical (unpaired) electrons. The molecule has 0 aromatic heterocycles. The number of aryl methyl sites for hydroxylation is 1. The number of nitrogens with one attached hydrogen (secondary N) is 2. The molecule has 1 amide bonds. The summed E-state index contributed by atoms with van der Waals surface area (Å²) >= 11 is 0. The van der Waals surface area contributed by atoms with Crippen molar-refractivity contribution in [2.75, 3.05) is 6.54 Å². The lowest BCUT2D eigenvalue weighted by atomic mass is 9.97. The molecule has 2 rings (SSSR count). The van der Waals surface area contributed by atoms with Crippen molar-refractivity contribution in [1.82, 2.24) is 10.0 Å². The minimum atomic E-state index is -3.82. The number of halogens is 2. The quantitative estimate of drug-likeness (QED) is 0.765. The number of carbonyl (C=O) groups excluding carboxylic acids is 1. The number of benzene rings is 1. The molecule has 0 unspecified atom stereocenters. The number of sulfonamides is 1. The highest BCUT2D eigenvalue weighted by Gasteiger charge is 2.26. The maximum atomic E-state index is 12.4. The largest absolute Gasteiger partial charge is 0.435 e. The predicted octanol–water partition coefficient (Wildman–Crippen LogP) is 2.02. The van der Waals surface area contributed by atoms with Crippen LogP contribution in [0, 0.1) is 0 Å². The number of likely N-dealkylation sites (N-methyl/N-ethyl adjacent to an activating group) is 1. The van der Waals surface area contributed by atoms with Crippen molar-refractivity contribution >= 4 is 22.0 Å². The van der Waals surface area contributed by atoms with E-state index in [0.717, 1.165) is 5.56 Å². The molecular weight excluding hydrogens is 354 g/mol. The highest BCUT2D eigenvalue weighted by Crippen LogP contribution is 2.30. The Kier molecular flexibility index (Phi) is 6.12. The van der Waals surface area contributed by atoms with Gasteiger partial charge in [-0.2, -0.15) is 13.5 Å². The van der Waals surface area contributed by atoms with Crippen LogP contribution in [0.2, 0.25) is 0 Å². The molecule has 0 saturated heterocycles. The summed E-state index contributed by atoms with van der Waals surface area (Å²) in [5, 5.41) is 2.55. The third-order valence-electron chi connectivity index (χ3n) is 3.72. The van der Waals surface area contributed by atoms with Crippen LogP contribution in [0.15, 0.2) is 23.1 Å². The number of amides is 1. The van der Waals surface area contributed by atoms with Crippen molar-refractivity contribution in [1.29, 1.82) is 0 Å². The molecule has 1 aliphatic carbocycles. The van der Waals surface area contributed by atoms with Crippen LogP contribution >= 0.6 is 0 Å². The molecule has 0 spiro atoms. The van der Waals surface area contributed by atoms with Gasteiger partial charge < -0.3 is 10.1 Å². The van der Waals surface area contributed by atoms with Gasteiger partial charge in [-0.25, -0.2) is 8.42 Å². The normalized spacial score (nSPS) is 15.3. The van der Waals surface area contributed by atoms with E-state index >= 15 is 0 Å². The van der Waals surface area contributed by atoms with Crippen molar-refractivity contribution in [2.45, 2.75) is 39.3 Å². The van der Waals surface area contributed by atoms with Gasteiger partial charge in [0.05, 0.1) is 10.9 Å². The summed E-state index contributed by atoms with van der Waals surface area (Å²) in [7, 11) is -3.82. The molecule has 0 aliphatic heterocycles. The van der Waals surface area contributed by atoms with Crippen LogP contribution in [-0.2, 0) is 21.2 Å². The molecule has 0 fully saturated rings. The first-order valence-electron chi connectivity index (χ1n) is 7.81. The van der Waals surface area contributed by atoms with E-state index in [2.05, 4.69) is 14.8 Å². The second-order valence-electron chi connectivity index (χ2n) is 5.59. The number of allylic oxidation sites excluding steroid dienone is 1. The summed E-state index contributed by atoms with van der Waals surface area (Å²) in [5.41, 5.74) is 1.35. The van der Waals surface area contributed by atoms with Gasteiger partial charge in [-0.05, 0) is 56.0 Å². The fourth-order valence-corrected chi connectivity index (χ4v) is 3.90. The molecule has 138 valence electrons. The van der Waals surface area contributed by atoms with Crippen molar-refractivity contribution in [3.63, 3.8) is 0 Å². The van der Waals surface area contributed by atoms with Crippen LogP contribution in [0.4, 0.5) is 8.78 Å². The Morgan fingerprint density at radius 3 is 2.68 bits per heavy atom. The molecular formula is C16H20F2N2O4S. The molecule has 25 heavy (non-hydrogen) atoms. The summed E-state index contributed by atoms with van der Waals surface area (Å²) in [6.07, 6.45) is 2.07. The first-order valence-corrected chi connectivity index (χ1v) is 9.29. The monoisotopic (exact) mass is 374 g/mol. The molecule has 1 aliphatic rings. The van der Waals surface area contributed by atoms with Gasteiger partial charge in [-0.3, -0.25) is 4.79 Å². The van der Waals surface area contributed by atoms with Crippen LogP contribution < -0.4 is 14.8 Å². The van der Waals surface area contributed by atoms with Crippen LogP contribution in [0.1, 0.15) is 31.4 Å². The van der Waals surface area contributed by atoms with E-state index in [9.17, 15) is 22.0 Å². The van der Waals surface area contributed by atoms with Gasteiger partial charge in [0, 0.05) is 6.54 Å². The number of fused-ring (bicyclic) bond motifs is 1. The third kappa shape index (κ3) is 4.99. The van der Waals surface area contributed by atoms with E-state index < -0.39 is 28.6 Å². The zero-order chi connectivity index (χ0) is 18.6. The van der Waals surface area contributed by atoms with Gasteiger partial charge in [0.1, 0.15) is 5.75 Å². The highest BCUT2D eigenvalue weighted by molar-refractivity contribution is 7.93. The zero-order valence-corrected chi connectivity index (χ0v) is 14.7. The Morgan fingerprint density at radius 1 is 1.32 bits per heavy atom. The Labute approximate surface area is 145 Å². The van der Waals surface area contributed by atoms with Crippen LogP contribution in [0.3, 0.4) is 0 Å². The maximum absolute atomic E-state index is 12.4. The van der Waals surface area contributed by atoms with Crippen molar-refractivity contribution in [3.05, 3.63) is 34.2 Å². The lowest BCUT2D eigenvalue weighted by molar-refractivity contribution is -0.122. The molecule has 2 N–H and O–H groups in total. The van der Waals surface area contributed by atoms with Gasteiger partial charge in [0.15, 0.2) is 0 Å². The molecule has 0 heterocycles. The maximum Gasteiger partial charge on any atom is 0.387 e. The molecule has 6 nitrogen and oxygen atoms in total. The first-order chi connectivity index (χ1) is 11.7. The van der Waals surface area contributed by atoms with E-state index in [1.165, 1.54) is 31.2 Å². The van der Waals surface area contributed by atoms with Crippen LogP contribution in [0.5, 0.6) is 5.75 Å². The smallest absolute Gasteiger partial charge is 0.387 e. The SMILES string of the molecule is CCNC(=O)[C@H](C)NS(=O)(=O)C1=Cc2ccc(OC(F)F)cc2CC1. The molecule has 0 saturated carbocycles. The fraction of sp³-hybridized carbons (Fsp3) is 0.438. The number of rotatable bonds is 7. The van der Waals surface area contributed by atoms with Gasteiger partial charge in [-0.15, -0.1) is 0 Å². The summed E-state index contributed by atoms with van der Waals surface area (Å²) in [5.74, 6) is -0.367. The Hall–Kier alpha value is -2.00. The number of ether oxygens (including phenoxy) is 1. The van der Waals surface area contributed by atoms with Gasteiger partial charge in [0.25, 0.3) is 0 Å².